The van der Waals surface area contributed by atoms with E-state index in [1.807, 2.05) is 6.92 Å². The van der Waals surface area contributed by atoms with Crippen LogP contribution in [0.25, 0.3) is 0 Å². The predicted octanol–water partition coefficient (Wildman–Crippen LogP) is 0.339. The Morgan fingerprint density at radius 1 is 1.43 bits per heavy atom. The second-order valence-electron chi connectivity index (χ2n) is 2.76. The van der Waals surface area contributed by atoms with Gasteiger partial charge in [0.15, 0.2) is 5.57 Å². The zero-order chi connectivity index (χ0) is 10.7. The molecule has 0 unspecified atom stereocenters. The minimum absolute atomic E-state index is 0.120. The molecule has 0 aromatic rings. The number of ketones is 1. The molecule has 0 aromatic heterocycles. The number of esters is 2. The Bertz CT molecular complexity index is 326. The molecule has 14 heavy (non-hydrogen) atoms. The van der Waals surface area contributed by atoms with E-state index in [0.717, 1.165) is 7.11 Å². The molecule has 0 bridgehead atoms. The molecule has 0 spiro atoms. The van der Waals surface area contributed by atoms with Crippen molar-refractivity contribution < 1.29 is 23.9 Å². The third kappa shape index (κ3) is 1.66. The van der Waals surface area contributed by atoms with E-state index < -0.39 is 17.7 Å². The second-order valence-corrected chi connectivity index (χ2v) is 2.76. The molecule has 5 nitrogen and oxygen atoms in total. The predicted molar refractivity (Wildman–Crippen MR) is 45.0 cm³/mol. The number of hydrogen-bond acceptors (Lipinski definition) is 5. The van der Waals surface area contributed by atoms with E-state index in [2.05, 4.69) is 9.47 Å². The van der Waals surface area contributed by atoms with Crippen molar-refractivity contribution in [3.8, 4) is 0 Å². The molecule has 0 N–H and O–H groups in total. The van der Waals surface area contributed by atoms with Crippen molar-refractivity contribution >= 4 is 17.7 Å². The van der Waals surface area contributed by atoms with Crippen molar-refractivity contribution in [2.24, 2.45) is 0 Å². The summed E-state index contributed by atoms with van der Waals surface area (Å²) in [4.78, 5) is 33.1. The van der Waals surface area contributed by atoms with E-state index in [1.165, 1.54) is 0 Å². The van der Waals surface area contributed by atoms with Crippen LogP contribution < -0.4 is 0 Å². The van der Waals surface area contributed by atoms with Crippen molar-refractivity contribution in [1.82, 2.24) is 0 Å². The zero-order valence-corrected chi connectivity index (χ0v) is 7.96. The Morgan fingerprint density at radius 2 is 2.07 bits per heavy atom. The Morgan fingerprint density at radius 3 is 2.57 bits per heavy atom. The molecule has 0 radical (unpaired) electrons. The number of hydrogen-bond donors (Lipinski definition) is 0. The summed E-state index contributed by atoms with van der Waals surface area (Å²) in [6, 6.07) is 0. The molecule has 0 saturated carbocycles. The van der Waals surface area contributed by atoms with Gasteiger partial charge in [0.05, 0.1) is 7.11 Å². The number of rotatable bonds is 3. The lowest BCUT2D eigenvalue weighted by molar-refractivity contribution is -0.147. The van der Waals surface area contributed by atoms with Gasteiger partial charge in [0.2, 0.25) is 0 Å². The average Bonchev–Trinajstić information content (AvgIpc) is 2.43. The first-order valence-electron chi connectivity index (χ1n) is 4.19. The van der Waals surface area contributed by atoms with Crippen LogP contribution in [-0.4, -0.2) is 24.8 Å². The minimum atomic E-state index is -1.01. The number of allylic oxidation sites excluding steroid dienone is 1. The Kier molecular flexibility index (Phi) is 3.01. The lowest BCUT2D eigenvalue weighted by Gasteiger charge is -1.99. The highest BCUT2D eigenvalue weighted by molar-refractivity contribution is 6.48. The maximum Gasteiger partial charge on any atom is 0.385 e. The van der Waals surface area contributed by atoms with Crippen LogP contribution in [-0.2, 0) is 23.9 Å². The lowest BCUT2D eigenvalue weighted by atomic mass is 10.1. The molecule has 1 rings (SSSR count). The largest absolute Gasteiger partial charge is 0.465 e. The highest BCUT2D eigenvalue weighted by Crippen LogP contribution is 2.22. The van der Waals surface area contributed by atoms with E-state index >= 15 is 0 Å². The van der Waals surface area contributed by atoms with Crippen molar-refractivity contribution in [1.29, 1.82) is 0 Å². The Balaban J connectivity index is 3.02. The quantitative estimate of drug-likeness (QED) is 0.371. The van der Waals surface area contributed by atoms with Gasteiger partial charge in [-0.2, -0.15) is 0 Å². The van der Waals surface area contributed by atoms with Gasteiger partial charge >= 0.3 is 11.9 Å². The summed E-state index contributed by atoms with van der Waals surface area (Å²) >= 11 is 0. The van der Waals surface area contributed by atoms with Gasteiger partial charge < -0.3 is 9.47 Å². The van der Waals surface area contributed by atoms with Crippen molar-refractivity contribution in [2.45, 2.75) is 19.8 Å². The third-order valence-electron chi connectivity index (χ3n) is 1.77. The van der Waals surface area contributed by atoms with Crippen molar-refractivity contribution in [3.05, 3.63) is 11.3 Å². The number of ether oxygens (including phenoxy) is 2. The van der Waals surface area contributed by atoms with Gasteiger partial charge in [-0.3, -0.25) is 4.79 Å². The van der Waals surface area contributed by atoms with Crippen LogP contribution in [0.3, 0.4) is 0 Å². The molecule has 0 aromatic carbocycles. The van der Waals surface area contributed by atoms with Gasteiger partial charge in [-0.05, 0) is 6.42 Å². The normalized spacial score (nSPS) is 15.9. The molecule has 0 saturated heterocycles. The van der Waals surface area contributed by atoms with E-state index in [1.54, 1.807) is 0 Å². The number of carbonyl (C=O) groups is 3. The maximum atomic E-state index is 11.2. The van der Waals surface area contributed by atoms with E-state index in [4.69, 9.17) is 0 Å². The molecule has 5 heteroatoms. The fourth-order valence-electron chi connectivity index (χ4n) is 1.15. The summed E-state index contributed by atoms with van der Waals surface area (Å²) in [5.74, 6) is -2.62. The van der Waals surface area contributed by atoms with Gasteiger partial charge in [-0.1, -0.05) is 6.92 Å². The summed E-state index contributed by atoms with van der Waals surface area (Å²) in [5.41, 5.74) is -0.264. The van der Waals surface area contributed by atoms with Crippen LogP contribution in [0.5, 0.6) is 0 Å². The van der Waals surface area contributed by atoms with E-state index in [9.17, 15) is 14.4 Å². The highest BCUT2D eigenvalue weighted by Gasteiger charge is 2.38. The summed E-state index contributed by atoms with van der Waals surface area (Å²) in [7, 11) is 1.15. The first-order valence-corrected chi connectivity index (χ1v) is 4.19. The summed E-state index contributed by atoms with van der Waals surface area (Å²) in [6.07, 6.45) is 1.05. The first kappa shape index (κ1) is 10.4. The Hall–Kier alpha value is -1.65. The highest BCUT2D eigenvalue weighted by atomic mass is 16.6. The number of cyclic esters (lactones) is 1. The second kappa shape index (κ2) is 4.04. The topological polar surface area (TPSA) is 69.7 Å². The molecule has 1 heterocycles. The SMILES string of the molecule is CCCC1=C(C(=O)OC)C(=O)C(=O)O1. The molecule has 0 atom stereocenters. The standard InChI is InChI=1S/C9H10O5/c1-3-4-5-6(8(11)13-2)7(10)9(12)14-5/h3-4H2,1-2H3. The van der Waals surface area contributed by atoms with E-state index in [-0.39, 0.29) is 11.3 Å². The fourth-order valence-corrected chi connectivity index (χ4v) is 1.15. The lowest BCUT2D eigenvalue weighted by Crippen LogP contribution is -2.16. The van der Waals surface area contributed by atoms with Gasteiger partial charge in [-0.25, -0.2) is 9.59 Å². The van der Waals surface area contributed by atoms with Crippen LogP contribution in [0.4, 0.5) is 0 Å². The Labute approximate surface area is 80.7 Å². The van der Waals surface area contributed by atoms with Crippen molar-refractivity contribution in [2.75, 3.05) is 7.11 Å². The van der Waals surface area contributed by atoms with Crippen LogP contribution in [0.2, 0.25) is 0 Å². The van der Waals surface area contributed by atoms with Gasteiger partial charge in [0, 0.05) is 6.42 Å². The number of Topliss-reactive ketones (excluding diaryl/α,β-unsaturated/α-hetero) is 1. The molecule has 76 valence electrons. The van der Waals surface area contributed by atoms with E-state index in [0.29, 0.717) is 12.8 Å². The molecule has 0 aliphatic carbocycles. The van der Waals surface area contributed by atoms with Gasteiger partial charge in [0.1, 0.15) is 5.76 Å². The molecule has 0 amide bonds. The average molecular weight is 198 g/mol. The smallest absolute Gasteiger partial charge is 0.385 e. The number of methoxy groups -OCH3 is 1. The third-order valence-corrected chi connectivity index (χ3v) is 1.77. The summed E-state index contributed by atoms with van der Waals surface area (Å²) in [6.45, 7) is 1.85. The van der Waals surface area contributed by atoms with Gasteiger partial charge in [-0.15, -0.1) is 0 Å². The monoisotopic (exact) mass is 198 g/mol. The summed E-state index contributed by atoms with van der Waals surface area (Å²) in [5, 5.41) is 0. The summed E-state index contributed by atoms with van der Waals surface area (Å²) < 4.78 is 9.02. The van der Waals surface area contributed by atoms with Gasteiger partial charge in [0.25, 0.3) is 5.78 Å². The van der Waals surface area contributed by atoms with Crippen LogP contribution >= 0.6 is 0 Å². The fraction of sp³-hybridized carbons (Fsp3) is 0.444. The molecule has 1 aliphatic rings. The van der Waals surface area contributed by atoms with Crippen LogP contribution in [0.15, 0.2) is 11.3 Å². The first-order chi connectivity index (χ1) is 6.61. The molecular weight excluding hydrogens is 188 g/mol. The number of carbonyl (C=O) groups excluding carboxylic acids is 3. The molecule has 1 aliphatic heterocycles. The minimum Gasteiger partial charge on any atom is -0.465 e. The molecular formula is C9H10O5. The van der Waals surface area contributed by atoms with Crippen molar-refractivity contribution in [3.63, 3.8) is 0 Å². The van der Waals surface area contributed by atoms with Crippen LogP contribution in [0.1, 0.15) is 19.8 Å². The zero-order valence-electron chi connectivity index (χ0n) is 7.96. The van der Waals surface area contributed by atoms with Crippen LogP contribution in [0, 0.1) is 0 Å². The maximum absolute atomic E-state index is 11.2. The molecule has 0 fully saturated rings.